The second-order valence-electron chi connectivity index (χ2n) is 4.98. The molecule has 0 saturated carbocycles. The molecule has 0 saturated heterocycles. The predicted molar refractivity (Wildman–Crippen MR) is 82.4 cm³/mol. The van der Waals surface area contributed by atoms with E-state index in [0.29, 0.717) is 12.1 Å². The summed E-state index contributed by atoms with van der Waals surface area (Å²) >= 11 is 0. The number of likely N-dealkylation sites (N-methyl/N-ethyl adjacent to an activating group) is 1. The van der Waals surface area contributed by atoms with Gasteiger partial charge in [-0.3, -0.25) is 19.9 Å². The van der Waals surface area contributed by atoms with E-state index in [1.807, 2.05) is 12.1 Å². The number of nitro groups is 1. The molecule has 0 bridgehead atoms. The lowest BCUT2D eigenvalue weighted by Gasteiger charge is -2.17. The lowest BCUT2D eigenvalue weighted by molar-refractivity contribution is -0.385. The first-order valence-electron chi connectivity index (χ1n) is 6.93. The molecule has 0 fully saturated rings. The Balaban J connectivity index is 1.96. The lowest BCUT2D eigenvalue weighted by Crippen LogP contribution is -2.30. The van der Waals surface area contributed by atoms with Gasteiger partial charge in [-0.2, -0.15) is 0 Å². The number of benzene rings is 1. The van der Waals surface area contributed by atoms with E-state index in [9.17, 15) is 14.9 Å². The Morgan fingerprint density at radius 2 is 1.91 bits per heavy atom. The van der Waals surface area contributed by atoms with Crippen LogP contribution in [0.15, 0.2) is 48.8 Å². The normalized spacial score (nSPS) is 10.2. The van der Waals surface area contributed by atoms with Gasteiger partial charge in [-0.15, -0.1) is 0 Å². The van der Waals surface area contributed by atoms with Gasteiger partial charge in [0.05, 0.1) is 11.3 Å². The van der Waals surface area contributed by atoms with Crippen LogP contribution in [0.25, 0.3) is 0 Å². The zero-order chi connectivity index (χ0) is 15.9. The molecule has 2 rings (SSSR count). The minimum Gasteiger partial charge on any atom is -0.345 e. The monoisotopic (exact) mass is 299 g/mol. The van der Waals surface area contributed by atoms with E-state index in [1.54, 1.807) is 42.5 Å². The average Bonchev–Trinajstić information content (AvgIpc) is 2.53. The first kappa shape index (κ1) is 15.6. The quantitative estimate of drug-likeness (QED) is 0.605. The van der Waals surface area contributed by atoms with Crippen LogP contribution in [0.2, 0.25) is 0 Å². The molecule has 1 heterocycles. The zero-order valence-corrected chi connectivity index (χ0v) is 12.3. The van der Waals surface area contributed by atoms with Gasteiger partial charge in [0.15, 0.2) is 0 Å². The first-order chi connectivity index (χ1) is 10.6. The Morgan fingerprint density at radius 1 is 1.23 bits per heavy atom. The molecular weight excluding hydrogens is 282 g/mol. The van der Waals surface area contributed by atoms with E-state index in [0.717, 1.165) is 12.0 Å². The van der Waals surface area contributed by atoms with Crippen molar-refractivity contribution >= 4 is 11.6 Å². The van der Waals surface area contributed by atoms with Crippen LogP contribution in [0.5, 0.6) is 0 Å². The predicted octanol–water partition coefficient (Wildman–Crippen LogP) is 2.23. The molecule has 2 aromatic rings. The number of para-hydroxylation sites is 1. The summed E-state index contributed by atoms with van der Waals surface area (Å²) in [6.07, 6.45) is 4.18. The zero-order valence-electron chi connectivity index (χ0n) is 12.3. The van der Waals surface area contributed by atoms with E-state index >= 15 is 0 Å². The maximum absolute atomic E-state index is 12.2. The molecule has 0 radical (unpaired) electrons. The highest BCUT2D eigenvalue weighted by Gasteiger charge is 2.17. The number of nitro benzene ring substituents is 1. The third kappa shape index (κ3) is 4.12. The fourth-order valence-corrected chi connectivity index (χ4v) is 2.11. The molecule has 0 aliphatic heterocycles. The third-order valence-electron chi connectivity index (χ3n) is 3.44. The van der Waals surface area contributed by atoms with Crippen molar-refractivity contribution in [2.75, 3.05) is 13.6 Å². The summed E-state index contributed by atoms with van der Waals surface area (Å²) in [6, 6.07) is 10.1. The molecule has 0 atom stereocenters. The fourth-order valence-electron chi connectivity index (χ4n) is 2.11. The molecule has 6 heteroatoms. The largest absolute Gasteiger partial charge is 0.345 e. The van der Waals surface area contributed by atoms with Crippen molar-refractivity contribution in [3.8, 4) is 0 Å². The van der Waals surface area contributed by atoms with Crippen molar-refractivity contribution in [1.82, 2.24) is 9.88 Å². The molecule has 0 unspecified atom stereocenters. The minimum atomic E-state index is -0.459. The van der Waals surface area contributed by atoms with Gasteiger partial charge in [-0.1, -0.05) is 18.2 Å². The summed E-state index contributed by atoms with van der Waals surface area (Å²) < 4.78 is 0. The Kier molecular flexibility index (Phi) is 5.19. The minimum absolute atomic E-state index is 0.0154. The first-order valence-corrected chi connectivity index (χ1v) is 6.93. The molecule has 1 amide bonds. The van der Waals surface area contributed by atoms with Gasteiger partial charge in [0, 0.05) is 37.6 Å². The van der Waals surface area contributed by atoms with E-state index in [4.69, 9.17) is 0 Å². The van der Waals surface area contributed by atoms with Crippen molar-refractivity contribution in [3.63, 3.8) is 0 Å². The van der Waals surface area contributed by atoms with Crippen molar-refractivity contribution in [2.24, 2.45) is 0 Å². The Hall–Kier alpha value is -2.76. The number of hydrogen-bond donors (Lipinski definition) is 0. The number of carbonyl (C=O) groups excluding carboxylic acids is 1. The van der Waals surface area contributed by atoms with Crippen LogP contribution < -0.4 is 0 Å². The standard InChI is InChI=1S/C16H17N3O3/c1-18(11-8-13-6-9-17-10-7-13)16(20)12-14-4-2-3-5-15(14)19(21)22/h2-7,9-10H,8,11-12H2,1H3. The topological polar surface area (TPSA) is 76.3 Å². The van der Waals surface area contributed by atoms with Gasteiger partial charge in [-0.25, -0.2) is 0 Å². The van der Waals surface area contributed by atoms with E-state index < -0.39 is 4.92 Å². The SMILES string of the molecule is CN(CCc1ccncc1)C(=O)Cc1ccccc1[N+](=O)[O-]. The summed E-state index contributed by atoms with van der Waals surface area (Å²) in [5.41, 5.74) is 1.52. The molecule has 6 nitrogen and oxygen atoms in total. The summed E-state index contributed by atoms with van der Waals surface area (Å²) in [4.78, 5) is 28.2. The van der Waals surface area contributed by atoms with Crippen molar-refractivity contribution in [1.29, 1.82) is 0 Å². The molecule has 1 aromatic carbocycles. The number of aromatic nitrogens is 1. The van der Waals surface area contributed by atoms with E-state index in [2.05, 4.69) is 4.98 Å². The molecule has 0 N–H and O–H groups in total. The highest BCUT2D eigenvalue weighted by atomic mass is 16.6. The molecule has 22 heavy (non-hydrogen) atoms. The van der Waals surface area contributed by atoms with Gasteiger partial charge in [-0.05, 0) is 24.1 Å². The number of carbonyl (C=O) groups is 1. The van der Waals surface area contributed by atoms with Crippen LogP contribution >= 0.6 is 0 Å². The number of rotatable bonds is 6. The summed E-state index contributed by atoms with van der Waals surface area (Å²) in [7, 11) is 1.71. The van der Waals surface area contributed by atoms with Gasteiger partial charge < -0.3 is 4.90 Å². The smallest absolute Gasteiger partial charge is 0.273 e. The molecular formula is C16H17N3O3. The maximum atomic E-state index is 12.2. The highest BCUT2D eigenvalue weighted by molar-refractivity contribution is 5.79. The van der Waals surface area contributed by atoms with Crippen LogP contribution in [-0.2, 0) is 17.6 Å². The summed E-state index contributed by atoms with van der Waals surface area (Å²) in [5.74, 6) is -0.136. The molecule has 114 valence electrons. The Labute approximate surface area is 128 Å². The second kappa shape index (κ2) is 7.31. The average molecular weight is 299 g/mol. The molecule has 0 aliphatic carbocycles. The maximum Gasteiger partial charge on any atom is 0.273 e. The lowest BCUT2D eigenvalue weighted by atomic mass is 10.1. The molecule has 0 aliphatic rings. The van der Waals surface area contributed by atoms with Crippen LogP contribution in [-0.4, -0.2) is 34.3 Å². The van der Waals surface area contributed by atoms with Crippen LogP contribution in [0.1, 0.15) is 11.1 Å². The van der Waals surface area contributed by atoms with Crippen molar-refractivity contribution < 1.29 is 9.72 Å². The van der Waals surface area contributed by atoms with Crippen LogP contribution in [0.3, 0.4) is 0 Å². The highest BCUT2D eigenvalue weighted by Crippen LogP contribution is 2.18. The fraction of sp³-hybridized carbons (Fsp3) is 0.250. The van der Waals surface area contributed by atoms with Gasteiger partial charge in [0.2, 0.25) is 5.91 Å². The third-order valence-corrected chi connectivity index (χ3v) is 3.44. The van der Waals surface area contributed by atoms with E-state index in [1.165, 1.54) is 6.07 Å². The number of amides is 1. The van der Waals surface area contributed by atoms with Crippen molar-refractivity contribution in [2.45, 2.75) is 12.8 Å². The summed E-state index contributed by atoms with van der Waals surface area (Å²) in [6.45, 7) is 0.559. The van der Waals surface area contributed by atoms with Gasteiger partial charge >= 0.3 is 0 Å². The molecule has 0 spiro atoms. The number of nitrogens with zero attached hydrogens (tertiary/aromatic N) is 3. The van der Waals surface area contributed by atoms with Crippen LogP contribution in [0, 0.1) is 10.1 Å². The van der Waals surface area contributed by atoms with E-state index in [-0.39, 0.29) is 18.0 Å². The Bertz CT molecular complexity index is 659. The van der Waals surface area contributed by atoms with Gasteiger partial charge in [0.25, 0.3) is 5.69 Å². The second-order valence-corrected chi connectivity index (χ2v) is 4.98. The van der Waals surface area contributed by atoms with Crippen molar-refractivity contribution in [3.05, 3.63) is 70.0 Å². The molecule has 1 aromatic heterocycles. The summed E-state index contributed by atoms with van der Waals surface area (Å²) in [5, 5.41) is 11.0. The van der Waals surface area contributed by atoms with Crippen LogP contribution in [0.4, 0.5) is 5.69 Å². The number of hydrogen-bond acceptors (Lipinski definition) is 4. The number of pyridine rings is 1. The Morgan fingerprint density at radius 3 is 2.59 bits per heavy atom. The van der Waals surface area contributed by atoms with Gasteiger partial charge in [0.1, 0.15) is 0 Å².